The van der Waals surface area contributed by atoms with Crippen LogP contribution >= 0.6 is 0 Å². The van der Waals surface area contributed by atoms with Gasteiger partial charge in [0.15, 0.2) is 47.1 Å². The lowest BCUT2D eigenvalue weighted by atomic mass is 9.76. The highest BCUT2D eigenvalue weighted by Gasteiger charge is 2.55. The number of carboxylic acids is 1. The normalized spacial score (nSPS) is 28.9. The number of carbonyl (C=O) groups excluding carboxylic acids is 4. The molecule has 2 bridgehead atoms. The largest absolute Gasteiger partial charge is 0.504 e. The highest BCUT2D eigenvalue weighted by atomic mass is 16.7. The SMILES string of the molecule is O=C(O)C[C@@H]1C(=O)Oc2c(O)c(O)cc3c2[C@H]1[C@H](O)C(=O)OC1C(CO)OC(OC(=O)c2cc(O)c(O)c(O)c2)C(OC3=O)C1O. The molecule has 2 aromatic carbocycles. The number of aliphatic hydroxyl groups is 3. The summed E-state index contributed by atoms with van der Waals surface area (Å²) in [6.07, 6.45) is -13.8. The molecule has 1 fully saturated rings. The number of esters is 4. The van der Waals surface area contributed by atoms with Gasteiger partial charge in [0.05, 0.1) is 30.1 Å². The lowest BCUT2D eigenvalue weighted by Gasteiger charge is -2.42. The molecule has 0 spiro atoms. The fraction of sp³-hybridized carbons (Fsp3) is 0.370. The molecule has 19 nitrogen and oxygen atoms in total. The Bertz CT molecular complexity index is 1610. The van der Waals surface area contributed by atoms with Gasteiger partial charge in [0.25, 0.3) is 0 Å². The van der Waals surface area contributed by atoms with E-state index in [9.17, 15) is 69.9 Å². The number of ether oxygens (including phenoxy) is 5. The molecule has 2 aromatic rings. The third kappa shape index (κ3) is 5.40. The van der Waals surface area contributed by atoms with Gasteiger partial charge in [0, 0.05) is 11.5 Å². The summed E-state index contributed by atoms with van der Waals surface area (Å²) in [6, 6.07) is 1.93. The lowest BCUT2D eigenvalue weighted by Crippen LogP contribution is -2.62. The Labute approximate surface area is 254 Å². The second-order valence-electron chi connectivity index (χ2n) is 10.4. The van der Waals surface area contributed by atoms with Gasteiger partial charge in [-0.15, -0.1) is 0 Å². The van der Waals surface area contributed by atoms with E-state index in [1.54, 1.807) is 0 Å². The molecule has 0 radical (unpaired) electrons. The number of hydrogen-bond donors (Lipinski definition) is 9. The molecule has 9 N–H and O–H groups in total. The summed E-state index contributed by atoms with van der Waals surface area (Å²) < 4.78 is 26.2. The van der Waals surface area contributed by atoms with Crippen molar-refractivity contribution in [2.45, 2.75) is 49.1 Å². The Hall–Kier alpha value is -5.37. The smallest absolute Gasteiger partial charge is 0.340 e. The second kappa shape index (κ2) is 11.9. The number of carboxylic acid groups (broad SMARTS) is 1. The number of aromatic hydroxyl groups is 5. The second-order valence-corrected chi connectivity index (χ2v) is 10.4. The van der Waals surface area contributed by atoms with Gasteiger partial charge in [-0.3, -0.25) is 9.59 Å². The molecular weight excluding hydrogens is 628 g/mol. The minimum atomic E-state index is -2.50. The van der Waals surface area contributed by atoms with Crippen LogP contribution in [-0.4, -0.2) is 119 Å². The number of benzene rings is 2. The van der Waals surface area contributed by atoms with Crippen molar-refractivity contribution < 1.29 is 93.6 Å². The van der Waals surface area contributed by atoms with E-state index in [0.717, 1.165) is 0 Å². The van der Waals surface area contributed by atoms with E-state index < -0.39 is 143 Å². The molecule has 0 saturated carbocycles. The molecule has 5 unspecified atom stereocenters. The summed E-state index contributed by atoms with van der Waals surface area (Å²) in [7, 11) is 0. The molecule has 1 saturated heterocycles. The Balaban J connectivity index is 1.63. The maximum absolute atomic E-state index is 13.6. The van der Waals surface area contributed by atoms with E-state index in [4.69, 9.17) is 23.7 Å². The van der Waals surface area contributed by atoms with Crippen molar-refractivity contribution in [2.75, 3.05) is 6.61 Å². The number of fused-ring (bicyclic) bond motifs is 2. The molecule has 3 aliphatic heterocycles. The number of phenolic OH excluding ortho intramolecular Hbond substituents is 5. The predicted octanol–water partition coefficient (Wildman–Crippen LogP) is -1.95. The Morgan fingerprint density at radius 2 is 1.48 bits per heavy atom. The van der Waals surface area contributed by atoms with E-state index in [1.165, 1.54) is 0 Å². The maximum atomic E-state index is 13.6. The first-order valence-corrected chi connectivity index (χ1v) is 13.2. The average molecular weight is 652 g/mol. The van der Waals surface area contributed by atoms with E-state index >= 15 is 0 Å². The van der Waals surface area contributed by atoms with Crippen molar-refractivity contribution in [3.05, 3.63) is 34.9 Å². The maximum Gasteiger partial charge on any atom is 0.340 e. The van der Waals surface area contributed by atoms with Crippen molar-refractivity contribution in [1.29, 1.82) is 0 Å². The van der Waals surface area contributed by atoms with Crippen LogP contribution in [0.1, 0.15) is 38.6 Å². The number of rotatable bonds is 5. The summed E-state index contributed by atoms with van der Waals surface area (Å²) in [5, 5.41) is 91.5. The van der Waals surface area contributed by atoms with Gasteiger partial charge in [-0.05, 0) is 18.2 Å². The molecule has 19 heteroatoms. The van der Waals surface area contributed by atoms with E-state index in [2.05, 4.69) is 0 Å². The van der Waals surface area contributed by atoms with Gasteiger partial charge >= 0.3 is 29.8 Å². The number of hydrogen-bond acceptors (Lipinski definition) is 18. The van der Waals surface area contributed by atoms with Crippen LogP contribution in [0.4, 0.5) is 0 Å². The van der Waals surface area contributed by atoms with Gasteiger partial charge in [-0.25, -0.2) is 14.4 Å². The lowest BCUT2D eigenvalue weighted by molar-refractivity contribution is -0.288. The predicted molar refractivity (Wildman–Crippen MR) is 138 cm³/mol. The summed E-state index contributed by atoms with van der Waals surface area (Å²) in [4.78, 5) is 64.2. The number of carbonyl (C=O) groups is 5. The molecule has 0 aliphatic carbocycles. The van der Waals surface area contributed by atoms with E-state index in [-0.39, 0.29) is 0 Å². The third-order valence-electron chi connectivity index (χ3n) is 7.56. The van der Waals surface area contributed by atoms with Crippen molar-refractivity contribution in [3.63, 3.8) is 0 Å². The highest BCUT2D eigenvalue weighted by Crippen LogP contribution is 2.51. The zero-order valence-corrected chi connectivity index (χ0v) is 22.9. The van der Waals surface area contributed by atoms with Crippen LogP contribution in [-0.2, 0) is 33.3 Å². The standard InChI is InChI=1S/C27H24O19/c28-5-12-20-19(37)22(27(42-12)46-23(38)6-1-9(29)16(34)10(30)2-6)45-24(39)7-3-11(31)17(35)21-15(7)14(18(36)26(41)43-20)8(4-13(32)33)25(40)44-21/h1-3,8,12,14,18-20,22,27-31,34-37H,4-5H2,(H,32,33)/t8-,12?,14-,18-,19?,20?,22?,27?/m0/s1. The Morgan fingerprint density at radius 3 is 2.09 bits per heavy atom. The van der Waals surface area contributed by atoms with Crippen molar-refractivity contribution in [3.8, 4) is 34.5 Å². The average Bonchev–Trinajstić information content (AvgIpc) is 3.00. The summed E-state index contributed by atoms with van der Waals surface area (Å²) in [5.41, 5.74) is -2.05. The fourth-order valence-electron chi connectivity index (χ4n) is 5.39. The fourth-order valence-corrected chi connectivity index (χ4v) is 5.39. The first-order chi connectivity index (χ1) is 21.6. The van der Waals surface area contributed by atoms with E-state index in [1.807, 2.05) is 0 Å². The molecule has 3 aliphatic rings. The summed E-state index contributed by atoms with van der Waals surface area (Å²) in [5.74, 6) is -17.4. The molecular formula is C27H24O19. The number of aliphatic carboxylic acids is 1. The van der Waals surface area contributed by atoms with Crippen molar-refractivity contribution in [2.24, 2.45) is 5.92 Å². The number of phenols is 5. The first-order valence-electron chi connectivity index (χ1n) is 13.2. The number of aliphatic hydroxyl groups excluding tert-OH is 3. The molecule has 0 aromatic heterocycles. The minimum absolute atomic E-state index is 0.573. The summed E-state index contributed by atoms with van der Waals surface area (Å²) in [6.45, 7) is -1.05. The van der Waals surface area contributed by atoms with Crippen LogP contribution in [0.3, 0.4) is 0 Å². The van der Waals surface area contributed by atoms with Gasteiger partial charge in [0.1, 0.15) is 12.2 Å². The van der Waals surface area contributed by atoms with E-state index in [0.29, 0.717) is 18.2 Å². The zero-order valence-electron chi connectivity index (χ0n) is 22.9. The van der Waals surface area contributed by atoms with Crippen LogP contribution < -0.4 is 4.74 Å². The van der Waals surface area contributed by atoms with Crippen LogP contribution in [0.5, 0.6) is 34.5 Å². The van der Waals surface area contributed by atoms with Crippen LogP contribution in [0.2, 0.25) is 0 Å². The van der Waals surface area contributed by atoms with Gasteiger partial charge in [-0.1, -0.05) is 0 Å². The van der Waals surface area contributed by atoms with Crippen LogP contribution in [0, 0.1) is 5.92 Å². The monoisotopic (exact) mass is 652 g/mol. The molecule has 246 valence electrons. The molecule has 3 heterocycles. The minimum Gasteiger partial charge on any atom is -0.504 e. The molecule has 46 heavy (non-hydrogen) atoms. The van der Waals surface area contributed by atoms with Gasteiger partial charge in [0.2, 0.25) is 12.0 Å². The van der Waals surface area contributed by atoms with Crippen LogP contribution in [0.15, 0.2) is 18.2 Å². The Kier molecular flexibility index (Phi) is 8.26. The molecule has 5 rings (SSSR count). The quantitative estimate of drug-likeness (QED) is 0.0733. The third-order valence-corrected chi connectivity index (χ3v) is 7.56. The first kappa shape index (κ1) is 32.0. The Morgan fingerprint density at radius 1 is 0.848 bits per heavy atom. The van der Waals surface area contributed by atoms with Gasteiger partial charge < -0.3 is 69.6 Å². The van der Waals surface area contributed by atoms with Crippen molar-refractivity contribution >= 4 is 29.8 Å². The van der Waals surface area contributed by atoms with Crippen LogP contribution in [0.25, 0.3) is 0 Å². The zero-order chi connectivity index (χ0) is 33.8. The van der Waals surface area contributed by atoms with Gasteiger partial charge in [-0.2, -0.15) is 0 Å². The highest BCUT2D eigenvalue weighted by molar-refractivity contribution is 5.97. The summed E-state index contributed by atoms with van der Waals surface area (Å²) >= 11 is 0. The van der Waals surface area contributed by atoms with Crippen molar-refractivity contribution in [1.82, 2.24) is 0 Å². The molecule has 8 atom stereocenters. The topological polar surface area (TPSA) is 314 Å². The molecule has 0 amide bonds.